The molecule has 19 heavy (non-hydrogen) atoms. The monoisotopic (exact) mass is 285 g/mol. The molecule has 1 aromatic carbocycles. The van der Waals surface area contributed by atoms with Crippen LogP contribution in [-0.4, -0.2) is 24.1 Å². The summed E-state index contributed by atoms with van der Waals surface area (Å²) in [6, 6.07) is 3.92. The Hall–Kier alpha value is -2.08. The second-order valence-corrected chi connectivity index (χ2v) is 3.89. The molecule has 0 heterocycles. The third-order valence-electron chi connectivity index (χ3n) is 2.09. The maximum Gasteiger partial charge on any atom is 0.336 e. The third kappa shape index (κ3) is 4.26. The minimum Gasteiger partial charge on any atom is -0.489 e. The van der Waals surface area contributed by atoms with Crippen molar-refractivity contribution in [3.63, 3.8) is 0 Å². The van der Waals surface area contributed by atoms with Crippen molar-refractivity contribution in [1.82, 2.24) is 0 Å². The molecule has 102 valence electrons. The molecule has 0 aliphatic rings. The number of nitro groups is 1. The number of nitro benzene ring substituents is 1. The van der Waals surface area contributed by atoms with Crippen LogP contribution in [0.2, 0.25) is 5.02 Å². The van der Waals surface area contributed by atoms with Crippen molar-refractivity contribution in [2.24, 2.45) is 0 Å². The molecule has 6 nitrogen and oxygen atoms in total. The van der Waals surface area contributed by atoms with Gasteiger partial charge >= 0.3 is 5.97 Å². The van der Waals surface area contributed by atoms with Gasteiger partial charge in [-0.25, -0.2) is 4.79 Å². The molecule has 0 aliphatic carbocycles. The Labute approximate surface area is 114 Å². The average molecular weight is 286 g/mol. The molecule has 0 N–H and O–H groups in total. The molecule has 0 spiro atoms. The Kier molecular flexibility index (Phi) is 5.32. The second kappa shape index (κ2) is 6.75. The Morgan fingerprint density at radius 3 is 2.74 bits per heavy atom. The van der Waals surface area contributed by atoms with E-state index in [0.717, 1.165) is 0 Å². The molecule has 0 amide bonds. The van der Waals surface area contributed by atoms with Gasteiger partial charge in [-0.2, -0.15) is 0 Å². The normalized spacial score (nSPS) is 9.79. The number of ether oxygens (including phenoxy) is 2. The van der Waals surface area contributed by atoms with Crippen LogP contribution in [0.1, 0.15) is 6.92 Å². The molecule has 0 atom stereocenters. The fraction of sp³-hybridized carbons (Fsp3) is 0.250. The largest absolute Gasteiger partial charge is 0.489 e. The van der Waals surface area contributed by atoms with Gasteiger partial charge in [0, 0.05) is 12.1 Å². The highest BCUT2D eigenvalue weighted by Gasteiger charge is 2.13. The predicted molar refractivity (Wildman–Crippen MR) is 69.4 cm³/mol. The second-order valence-electron chi connectivity index (χ2n) is 3.48. The van der Waals surface area contributed by atoms with Crippen LogP contribution < -0.4 is 4.74 Å². The molecule has 0 bridgehead atoms. The summed E-state index contributed by atoms with van der Waals surface area (Å²) in [4.78, 5) is 21.2. The highest BCUT2D eigenvalue weighted by Crippen LogP contribution is 2.28. The number of rotatable bonds is 6. The highest BCUT2D eigenvalue weighted by molar-refractivity contribution is 6.32. The van der Waals surface area contributed by atoms with Gasteiger partial charge in [0.1, 0.15) is 17.4 Å². The maximum atomic E-state index is 11.3. The molecule has 7 heteroatoms. The van der Waals surface area contributed by atoms with Gasteiger partial charge < -0.3 is 9.47 Å². The molecule has 0 aromatic heterocycles. The lowest BCUT2D eigenvalue weighted by atomic mass is 10.3. The van der Waals surface area contributed by atoms with Crippen molar-refractivity contribution >= 4 is 23.3 Å². The summed E-state index contributed by atoms with van der Waals surface area (Å²) < 4.78 is 9.98. The number of carbonyl (C=O) groups excluding carboxylic acids is 1. The number of halogens is 1. The number of hydrogen-bond acceptors (Lipinski definition) is 5. The fourth-order valence-electron chi connectivity index (χ4n) is 1.19. The first-order valence-electron chi connectivity index (χ1n) is 5.37. The number of esters is 1. The van der Waals surface area contributed by atoms with Crippen LogP contribution in [0.3, 0.4) is 0 Å². The summed E-state index contributed by atoms with van der Waals surface area (Å²) >= 11 is 5.72. The van der Waals surface area contributed by atoms with Crippen molar-refractivity contribution in [1.29, 1.82) is 0 Å². The van der Waals surface area contributed by atoms with E-state index in [1.165, 1.54) is 18.2 Å². The summed E-state index contributed by atoms with van der Waals surface area (Å²) in [5.74, 6) is -0.239. The van der Waals surface area contributed by atoms with Crippen molar-refractivity contribution in [3.8, 4) is 5.75 Å². The number of benzene rings is 1. The van der Waals surface area contributed by atoms with Crippen molar-refractivity contribution in [2.75, 3.05) is 13.2 Å². The molecule has 1 aromatic rings. The Morgan fingerprint density at radius 1 is 1.53 bits per heavy atom. The van der Waals surface area contributed by atoms with Crippen LogP contribution in [0.25, 0.3) is 0 Å². The van der Waals surface area contributed by atoms with E-state index < -0.39 is 10.9 Å². The molecule has 0 saturated heterocycles. The van der Waals surface area contributed by atoms with E-state index in [0.29, 0.717) is 5.75 Å². The molecule has 0 fully saturated rings. The molecule has 0 unspecified atom stereocenters. The Bertz CT molecular complexity index is 515. The van der Waals surface area contributed by atoms with Crippen molar-refractivity contribution in [3.05, 3.63) is 45.5 Å². The van der Waals surface area contributed by atoms with E-state index in [9.17, 15) is 14.9 Å². The van der Waals surface area contributed by atoms with Gasteiger partial charge in [0.25, 0.3) is 5.69 Å². The average Bonchev–Trinajstić information content (AvgIpc) is 2.35. The molecule has 0 saturated carbocycles. The van der Waals surface area contributed by atoms with Crippen LogP contribution in [0.15, 0.2) is 30.4 Å². The van der Waals surface area contributed by atoms with Crippen LogP contribution in [-0.2, 0) is 9.53 Å². The Balaban J connectivity index is 2.64. The first-order valence-corrected chi connectivity index (χ1v) is 5.75. The lowest BCUT2D eigenvalue weighted by Crippen LogP contribution is -2.13. The smallest absolute Gasteiger partial charge is 0.336 e. The van der Waals surface area contributed by atoms with Crippen LogP contribution in [0.4, 0.5) is 5.69 Å². The fourth-order valence-corrected chi connectivity index (χ4v) is 1.43. The van der Waals surface area contributed by atoms with Gasteiger partial charge in [0.15, 0.2) is 0 Å². The number of nitrogens with zero attached hydrogens (tertiary/aromatic N) is 1. The summed E-state index contributed by atoms with van der Waals surface area (Å²) in [5.41, 5.74) is -0.0606. The molecule has 0 aliphatic heterocycles. The minimum absolute atomic E-state index is 0.0377. The molecular weight excluding hydrogens is 274 g/mol. The first-order chi connectivity index (χ1) is 8.95. The van der Waals surface area contributed by atoms with Gasteiger partial charge in [-0.15, -0.1) is 0 Å². The summed E-state index contributed by atoms with van der Waals surface area (Å²) in [6.07, 6.45) is 0. The first kappa shape index (κ1) is 15.0. The third-order valence-corrected chi connectivity index (χ3v) is 2.40. The summed E-state index contributed by atoms with van der Waals surface area (Å²) in [6.45, 7) is 5.37. The number of carbonyl (C=O) groups is 1. The van der Waals surface area contributed by atoms with Gasteiger partial charge in [-0.3, -0.25) is 10.1 Å². The number of hydrogen-bond donors (Lipinski definition) is 0. The van der Waals surface area contributed by atoms with Crippen molar-refractivity contribution in [2.45, 2.75) is 6.92 Å². The summed E-state index contributed by atoms with van der Waals surface area (Å²) in [7, 11) is 0. The minimum atomic E-state index is -0.594. The molecule has 0 radical (unpaired) electrons. The standard InChI is InChI=1S/C12H12ClNO5/c1-3-18-12(15)8(2)7-19-9-4-5-11(14(16)17)10(13)6-9/h4-6H,2-3,7H2,1H3. The zero-order valence-electron chi connectivity index (χ0n) is 10.2. The lowest BCUT2D eigenvalue weighted by Gasteiger charge is -2.08. The van der Waals surface area contributed by atoms with Crippen LogP contribution >= 0.6 is 11.6 Å². The zero-order chi connectivity index (χ0) is 14.4. The van der Waals surface area contributed by atoms with E-state index >= 15 is 0 Å². The summed E-state index contributed by atoms with van der Waals surface area (Å²) in [5, 5.41) is 10.5. The SMILES string of the molecule is C=C(COc1ccc([N+](=O)[O-])c(Cl)c1)C(=O)OCC. The van der Waals surface area contributed by atoms with Gasteiger partial charge in [-0.1, -0.05) is 18.2 Å². The van der Waals surface area contributed by atoms with Gasteiger partial charge in [0.2, 0.25) is 0 Å². The van der Waals surface area contributed by atoms with Crippen molar-refractivity contribution < 1.29 is 19.2 Å². The molecular formula is C12H12ClNO5. The van der Waals surface area contributed by atoms with E-state index in [2.05, 4.69) is 6.58 Å². The van der Waals surface area contributed by atoms with E-state index in [1.54, 1.807) is 6.92 Å². The van der Waals surface area contributed by atoms with E-state index in [4.69, 9.17) is 21.1 Å². The quantitative estimate of drug-likeness (QED) is 0.347. The topological polar surface area (TPSA) is 78.7 Å². The predicted octanol–water partition coefficient (Wildman–Crippen LogP) is 2.75. The lowest BCUT2D eigenvalue weighted by molar-refractivity contribution is -0.384. The highest BCUT2D eigenvalue weighted by atomic mass is 35.5. The van der Waals surface area contributed by atoms with E-state index in [-0.39, 0.29) is 29.5 Å². The van der Waals surface area contributed by atoms with Crippen LogP contribution in [0, 0.1) is 10.1 Å². The van der Waals surface area contributed by atoms with Gasteiger partial charge in [-0.05, 0) is 13.0 Å². The zero-order valence-corrected chi connectivity index (χ0v) is 11.0. The Morgan fingerprint density at radius 2 is 2.21 bits per heavy atom. The van der Waals surface area contributed by atoms with E-state index in [1.807, 2.05) is 0 Å². The molecule has 1 rings (SSSR count). The van der Waals surface area contributed by atoms with Crippen LogP contribution in [0.5, 0.6) is 5.75 Å². The maximum absolute atomic E-state index is 11.3. The van der Waals surface area contributed by atoms with Gasteiger partial charge in [0.05, 0.1) is 17.1 Å².